The average Bonchev–Trinajstić information content (AvgIpc) is 2.85. The summed E-state index contributed by atoms with van der Waals surface area (Å²) in [5.41, 5.74) is 0.0191. The Bertz CT molecular complexity index is 937. The SMILES string of the molecule is CCN1C(=O)N(c2cccc(Cl)c2)[C@@H](N(O)C(=O)Nc2cccc(Cl)c2)C1(C)C. The topological polar surface area (TPSA) is 76.1 Å². The predicted octanol–water partition coefficient (Wildman–Crippen LogP) is 5.28. The molecule has 4 amide bonds. The zero-order valence-electron chi connectivity index (χ0n) is 16.3. The number of hydrogen-bond donors (Lipinski definition) is 2. The molecule has 0 bridgehead atoms. The van der Waals surface area contributed by atoms with Gasteiger partial charge < -0.3 is 10.2 Å². The van der Waals surface area contributed by atoms with E-state index in [1.54, 1.807) is 67.3 Å². The van der Waals surface area contributed by atoms with E-state index in [1.165, 1.54) is 4.90 Å². The number of amides is 4. The molecular weight excluding hydrogens is 415 g/mol. The van der Waals surface area contributed by atoms with Crippen LogP contribution >= 0.6 is 23.2 Å². The Hall–Kier alpha value is -2.48. The van der Waals surface area contributed by atoms with Crippen LogP contribution in [0.1, 0.15) is 20.8 Å². The van der Waals surface area contributed by atoms with Crippen LogP contribution in [-0.4, -0.2) is 45.5 Å². The molecule has 1 heterocycles. The number of hydroxylamine groups is 2. The van der Waals surface area contributed by atoms with Crippen molar-refractivity contribution < 1.29 is 14.8 Å². The number of benzene rings is 2. The van der Waals surface area contributed by atoms with Crippen molar-refractivity contribution in [1.82, 2.24) is 9.96 Å². The van der Waals surface area contributed by atoms with Gasteiger partial charge in [0, 0.05) is 28.0 Å². The molecule has 1 atom stereocenters. The van der Waals surface area contributed by atoms with Crippen molar-refractivity contribution in [3.8, 4) is 0 Å². The van der Waals surface area contributed by atoms with E-state index in [1.807, 2.05) is 6.92 Å². The molecule has 1 saturated heterocycles. The molecule has 1 fully saturated rings. The van der Waals surface area contributed by atoms with Crippen molar-refractivity contribution in [2.45, 2.75) is 32.5 Å². The smallest absolute Gasteiger partial charge is 0.315 e. The minimum Gasteiger partial charge on any atom is -0.315 e. The summed E-state index contributed by atoms with van der Waals surface area (Å²) in [6.45, 7) is 5.83. The second-order valence-corrected chi connectivity index (χ2v) is 8.06. The fraction of sp³-hybridized carbons (Fsp3) is 0.300. The number of nitrogens with zero attached hydrogens (tertiary/aromatic N) is 3. The van der Waals surface area contributed by atoms with Crippen LogP contribution in [0.25, 0.3) is 0 Å². The molecule has 3 rings (SSSR count). The third-order valence-corrected chi connectivity index (χ3v) is 5.40. The van der Waals surface area contributed by atoms with Crippen molar-refractivity contribution in [3.05, 3.63) is 58.6 Å². The van der Waals surface area contributed by atoms with Gasteiger partial charge in [0.25, 0.3) is 0 Å². The molecule has 1 aliphatic rings. The quantitative estimate of drug-likeness (QED) is 0.505. The van der Waals surface area contributed by atoms with Crippen LogP contribution in [0.15, 0.2) is 48.5 Å². The summed E-state index contributed by atoms with van der Waals surface area (Å²) in [5, 5.41) is 14.9. The van der Waals surface area contributed by atoms with E-state index in [0.717, 1.165) is 0 Å². The van der Waals surface area contributed by atoms with Gasteiger partial charge >= 0.3 is 12.1 Å². The van der Waals surface area contributed by atoms with Gasteiger partial charge in [0.2, 0.25) is 0 Å². The second-order valence-electron chi connectivity index (χ2n) is 7.19. The molecule has 9 heteroatoms. The third-order valence-electron chi connectivity index (χ3n) is 4.93. The van der Waals surface area contributed by atoms with Crippen LogP contribution < -0.4 is 10.2 Å². The Labute approximate surface area is 179 Å². The number of hydrogen-bond acceptors (Lipinski definition) is 3. The predicted molar refractivity (Wildman–Crippen MR) is 114 cm³/mol. The summed E-state index contributed by atoms with van der Waals surface area (Å²) in [7, 11) is 0. The largest absolute Gasteiger partial charge is 0.347 e. The first-order valence-electron chi connectivity index (χ1n) is 9.08. The molecular formula is C20H22Cl2N4O3. The molecule has 0 aromatic heterocycles. The van der Waals surface area contributed by atoms with E-state index in [4.69, 9.17) is 23.2 Å². The maximum atomic E-state index is 13.1. The lowest BCUT2D eigenvalue weighted by atomic mass is 10.00. The van der Waals surface area contributed by atoms with Crippen molar-refractivity contribution in [2.24, 2.45) is 0 Å². The maximum Gasteiger partial charge on any atom is 0.347 e. The van der Waals surface area contributed by atoms with Gasteiger partial charge in [0.1, 0.15) is 0 Å². The van der Waals surface area contributed by atoms with Crippen LogP contribution in [0.3, 0.4) is 0 Å². The molecule has 0 aliphatic carbocycles. The van der Waals surface area contributed by atoms with Gasteiger partial charge in [-0.15, -0.1) is 0 Å². The third kappa shape index (κ3) is 3.99. The molecule has 2 aromatic rings. The number of anilines is 2. The van der Waals surface area contributed by atoms with Crippen molar-refractivity contribution in [2.75, 3.05) is 16.8 Å². The number of carbonyl (C=O) groups excluding carboxylic acids is 2. The Morgan fingerprint density at radius 3 is 2.38 bits per heavy atom. The normalized spacial score (nSPS) is 18.1. The number of rotatable bonds is 4. The molecule has 2 N–H and O–H groups in total. The van der Waals surface area contributed by atoms with Crippen molar-refractivity contribution >= 4 is 46.6 Å². The highest BCUT2D eigenvalue weighted by Crippen LogP contribution is 2.38. The first kappa shape index (κ1) is 21.2. The van der Waals surface area contributed by atoms with E-state index in [2.05, 4.69) is 5.32 Å². The van der Waals surface area contributed by atoms with Crippen LogP contribution in [0.4, 0.5) is 21.0 Å². The summed E-state index contributed by atoms with van der Waals surface area (Å²) in [6, 6.07) is 12.2. The van der Waals surface area contributed by atoms with E-state index < -0.39 is 17.7 Å². The van der Waals surface area contributed by atoms with Crippen LogP contribution in [0.5, 0.6) is 0 Å². The molecule has 2 aromatic carbocycles. The van der Waals surface area contributed by atoms with Gasteiger partial charge in [-0.25, -0.2) is 9.59 Å². The van der Waals surface area contributed by atoms with Crippen LogP contribution in [0.2, 0.25) is 10.0 Å². The highest BCUT2D eigenvalue weighted by molar-refractivity contribution is 6.31. The molecule has 0 radical (unpaired) electrons. The van der Waals surface area contributed by atoms with Crippen molar-refractivity contribution in [1.29, 1.82) is 0 Å². The molecule has 154 valence electrons. The Balaban J connectivity index is 1.97. The molecule has 0 unspecified atom stereocenters. The zero-order valence-corrected chi connectivity index (χ0v) is 17.8. The first-order valence-corrected chi connectivity index (χ1v) is 9.83. The lowest BCUT2D eigenvalue weighted by Gasteiger charge is -2.38. The Morgan fingerprint density at radius 2 is 1.79 bits per heavy atom. The van der Waals surface area contributed by atoms with Gasteiger partial charge in [-0.2, -0.15) is 5.06 Å². The minimum atomic E-state index is -0.993. The van der Waals surface area contributed by atoms with Crippen molar-refractivity contribution in [3.63, 3.8) is 0 Å². The molecule has 29 heavy (non-hydrogen) atoms. The Kier molecular flexibility index (Phi) is 5.93. The van der Waals surface area contributed by atoms with Crippen LogP contribution in [0, 0.1) is 0 Å². The van der Waals surface area contributed by atoms with Gasteiger partial charge in [0.05, 0.1) is 5.54 Å². The summed E-state index contributed by atoms with van der Waals surface area (Å²) in [6.07, 6.45) is -0.993. The monoisotopic (exact) mass is 436 g/mol. The molecule has 1 aliphatic heterocycles. The number of halogens is 2. The fourth-order valence-electron chi connectivity index (χ4n) is 3.62. The highest BCUT2D eigenvalue weighted by Gasteiger charge is 2.55. The van der Waals surface area contributed by atoms with E-state index in [9.17, 15) is 14.8 Å². The summed E-state index contributed by atoms with van der Waals surface area (Å²) < 4.78 is 0. The summed E-state index contributed by atoms with van der Waals surface area (Å²) in [5.74, 6) is 0. The zero-order chi connectivity index (χ0) is 21.3. The number of urea groups is 2. The van der Waals surface area contributed by atoms with Gasteiger partial charge in [0.15, 0.2) is 6.17 Å². The van der Waals surface area contributed by atoms with Crippen LogP contribution in [-0.2, 0) is 0 Å². The molecule has 0 saturated carbocycles. The fourth-order valence-corrected chi connectivity index (χ4v) is 4.00. The van der Waals surface area contributed by atoms with Gasteiger partial charge in [-0.3, -0.25) is 10.1 Å². The number of nitrogens with one attached hydrogen (secondary N) is 1. The van der Waals surface area contributed by atoms with E-state index >= 15 is 0 Å². The lowest BCUT2D eigenvalue weighted by Crippen LogP contribution is -2.58. The second kappa shape index (κ2) is 8.10. The molecule has 7 nitrogen and oxygen atoms in total. The first-order chi connectivity index (χ1) is 13.7. The summed E-state index contributed by atoms with van der Waals surface area (Å²) >= 11 is 12.1. The van der Waals surface area contributed by atoms with E-state index in [-0.39, 0.29) is 6.03 Å². The standard InChI is InChI=1S/C20H22Cl2N4O3/c1-4-24-19(28)25(16-10-6-8-14(22)12-16)17(20(24,2)3)26(29)18(27)23-15-9-5-7-13(21)11-15/h5-12,17,29H,4H2,1-3H3,(H,23,27)/t17-/m0/s1. The lowest BCUT2D eigenvalue weighted by molar-refractivity contribution is -0.0945. The van der Waals surface area contributed by atoms with E-state index in [0.29, 0.717) is 33.0 Å². The molecule has 0 spiro atoms. The van der Waals surface area contributed by atoms with Gasteiger partial charge in [-0.1, -0.05) is 35.3 Å². The maximum absolute atomic E-state index is 13.1. The average molecular weight is 437 g/mol. The number of likely N-dealkylation sites (N-methyl/N-ethyl adjacent to an activating group) is 1. The minimum absolute atomic E-state index is 0.334. The number of carbonyl (C=O) groups is 2. The Morgan fingerprint density at radius 1 is 1.17 bits per heavy atom. The van der Waals surface area contributed by atoms with Gasteiger partial charge in [-0.05, 0) is 57.2 Å². The summed E-state index contributed by atoms with van der Waals surface area (Å²) in [4.78, 5) is 28.9. The highest BCUT2D eigenvalue weighted by atomic mass is 35.5.